The number of hydrogen-bond donors (Lipinski definition) is 4. The third-order valence-electron chi connectivity index (χ3n) is 9.03. The summed E-state index contributed by atoms with van der Waals surface area (Å²) in [4.78, 5) is 37.6. The molecular weight excluding hydrogens is 732 g/mol. The third kappa shape index (κ3) is 9.34. The maximum absolute atomic E-state index is 13.4. The van der Waals surface area contributed by atoms with E-state index < -0.39 is 111 Å². The SMILES string of the molecule is [N-]=[N+]=NC[C@H]1O[C@@H](O[C@@H]2C(N=[N+]=[N-])[C@H](O[C@H]3C(N=[N+]=[N-])C[C@@H](N=[N+]=[N-])C(O)[C@H]3O)OC(CO)[C@@H]2O)C(OC(=O)c2ccccc2)[C@H]1OC(=O)c1ccccc1. The summed E-state index contributed by atoms with van der Waals surface area (Å²) in [5.41, 5.74) is 37.0. The van der Waals surface area contributed by atoms with E-state index in [1.165, 1.54) is 24.3 Å². The van der Waals surface area contributed by atoms with Gasteiger partial charge in [-0.3, -0.25) is 0 Å². The van der Waals surface area contributed by atoms with E-state index in [0.717, 1.165) is 0 Å². The van der Waals surface area contributed by atoms with Crippen molar-refractivity contribution in [1.29, 1.82) is 0 Å². The zero-order valence-electron chi connectivity index (χ0n) is 28.4. The second-order valence-electron chi connectivity index (χ2n) is 12.3. The molecule has 0 amide bonds. The zero-order valence-corrected chi connectivity index (χ0v) is 28.4. The van der Waals surface area contributed by atoms with Gasteiger partial charge in [-0.1, -0.05) is 56.9 Å². The van der Waals surface area contributed by atoms with Gasteiger partial charge in [0.2, 0.25) is 0 Å². The van der Waals surface area contributed by atoms with Gasteiger partial charge in [-0.15, -0.1) is 0 Å². The van der Waals surface area contributed by atoms with Crippen molar-refractivity contribution in [2.24, 2.45) is 20.5 Å². The molecule has 1 saturated carbocycles. The molecule has 2 aromatic rings. The van der Waals surface area contributed by atoms with Crippen molar-refractivity contribution in [3.05, 3.63) is 114 Å². The Morgan fingerprint density at radius 2 is 1.20 bits per heavy atom. The van der Waals surface area contributed by atoms with E-state index in [0.29, 0.717) is 0 Å². The Bertz CT molecular complexity index is 1840. The highest BCUT2D eigenvalue weighted by Crippen LogP contribution is 2.37. The minimum atomic E-state index is -1.87. The lowest BCUT2D eigenvalue weighted by atomic mass is 9.84. The van der Waals surface area contributed by atoms with Gasteiger partial charge in [-0.05, 0) is 52.8 Å². The Morgan fingerprint density at radius 1 is 0.655 bits per heavy atom. The monoisotopic (exact) mass is 766 g/mol. The molecule has 5 rings (SSSR count). The normalized spacial score (nSPS) is 34.0. The van der Waals surface area contributed by atoms with Gasteiger partial charge in [0.15, 0.2) is 24.8 Å². The van der Waals surface area contributed by atoms with Gasteiger partial charge in [0, 0.05) is 19.6 Å². The number of ether oxygens (including phenoxy) is 6. The van der Waals surface area contributed by atoms with Gasteiger partial charge < -0.3 is 48.8 Å². The van der Waals surface area contributed by atoms with Gasteiger partial charge in [0.1, 0.15) is 36.6 Å². The van der Waals surface area contributed by atoms with Crippen LogP contribution in [0.1, 0.15) is 27.1 Å². The molecule has 55 heavy (non-hydrogen) atoms. The lowest BCUT2D eigenvalue weighted by Crippen LogP contribution is -2.63. The average molecular weight is 767 g/mol. The summed E-state index contributed by atoms with van der Waals surface area (Å²) in [6, 6.07) is 11.2. The minimum absolute atomic E-state index is 0.0743. The predicted molar refractivity (Wildman–Crippen MR) is 181 cm³/mol. The average Bonchev–Trinajstić information content (AvgIpc) is 3.51. The van der Waals surface area contributed by atoms with E-state index in [4.69, 9.17) is 39.5 Å². The second-order valence-corrected chi connectivity index (χ2v) is 12.3. The summed E-state index contributed by atoms with van der Waals surface area (Å²) in [6.07, 6.45) is -18.6. The molecule has 2 aliphatic heterocycles. The molecular formula is C31H34N12O12. The van der Waals surface area contributed by atoms with Gasteiger partial charge in [-0.25, -0.2) is 9.59 Å². The van der Waals surface area contributed by atoms with E-state index in [1.807, 2.05) is 0 Å². The molecule has 2 heterocycles. The number of azide groups is 4. The smallest absolute Gasteiger partial charge is 0.338 e. The number of carbonyl (C=O) groups excluding carboxylic acids is 2. The highest BCUT2D eigenvalue weighted by atomic mass is 16.8. The largest absolute Gasteiger partial charge is 0.452 e. The molecule has 14 atom stereocenters. The molecule has 1 aliphatic carbocycles. The van der Waals surface area contributed by atoms with Crippen LogP contribution in [0.5, 0.6) is 0 Å². The lowest BCUT2D eigenvalue weighted by Gasteiger charge is -2.46. The van der Waals surface area contributed by atoms with Crippen LogP contribution in [-0.2, 0) is 28.4 Å². The standard InChI is InChI=1S/C31H34N12O12/c32-40-36-12-18-25(52-28(48)14-7-3-1-4-8-14)27(53-29(49)15-9-5-2-6-10-15)31(50-18)55-26-20(39-43-35)30(51-19(13-44)22(26)46)54-24-17(38-42-34)11-16(37-41-33)21(45)23(24)47/h1-10,16-27,30-31,44-47H,11-13H2/t16-,17?,18-,19?,20?,21?,22+,23-,24+,25+,26-,27?,30+,31+/m1/s1. The lowest BCUT2D eigenvalue weighted by molar-refractivity contribution is -0.316. The third-order valence-corrected chi connectivity index (χ3v) is 9.03. The molecule has 4 N–H and O–H groups in total. The van der Waals surface area contributed by atoms with Crippen LogP contribution in [0.15, 0.2) is 81.1 Å². The first kappa shape index (κ1) is 40.5. The Balaban J connectivity index is 1.50. The molecule has 0 bridgehead atoms. The van der Waals surface area contributed by atoms with Crippen LogP contribution in [0.3, 0.4) is 0 Å². The molecule has 0 spiro atoms. The zero-order chi connectivity index (χ0) is 39.5. The first-order valence-electron chi connectivity index (χ1n) is 16.6. The quantitative estimate of drug-likeness (QED) is 0.0932. The summed E-state index contributed by atoms with van der Waals surface area (Å²) in [6.45, 7) is -1.35. The van der Waals surface area contributed by atoms with Crippen LogP contribution in [0, 0.1) is 0 Å². The molecule has 3 fully saturated rings. The number of nitrogens with zero attached hydrogens (tertiary/aromatic N) is 12. The van der Waals surface area contributed by atoms with E-state index in [9.17, 15) is 41.1 Å². The summed E-state index contributed by atoms with van der Waals surface area (Å²) >= 11 is 0. The molecule has 2 saturated heterocycles. The highest BCUT2D eigenvalue weighted by Gasteiger charge is 2.56. The molecule has 24 heteroatoms. The van der Waals surface area contributed by atoms with Crippen LogP contribution in [0.25, 0.3) is 41.8 Å². The summed E-state index contributed by atoms with van der Waals surface area (Å²) in [5.74, 6) is -1.80. The number of esters is 2. The van der Waals surface area contributed by atoms with Crippen molar-refractivity contribution in [3.8, 4) is 0 Å². The molecule has 0 radical (unpaired) electrons. The van der Waals surface area contributed by atoms with E-state index in [1.54, 1.807) is 36.4 Å². The molecule has 24 nitrogen and oxygen atoms in total. The molecule has 290 valence electrons. The maximum atomic E-state index is 13.4. The molecule has 0 aromatic heterocycles. The minimum Gasteiger partial charge on any atom is -0.452 e. The second kappa shape index (κ2) is 19.1. The first-order valence-corrected chi connectivity index (χ1v) is 16.6. The number of benzene rings is 2. The van der Waals surface area contributed by atoms with Crippen molar-refractivity contribution in [2.75, 3.05) is 13.2 Å². The fraction of sp³-hybridized carbons (Fsp3) is 0.548. The van der Waals surface area contributed by atoms with Gasteiger partial charge >= 0.3 is 11.9 Å². The highest BCUT2D eigenvalue weighted by molar-refractivity contribution is 5.90. The van der Waals surface area contributed by atoms with Crippen LogP contribution in [0.4, 0.5) is 0 Å². The summed E-state index contributed by atoms with van der Waals surface area (Å²) in [7, 11) is 0. The molecule has 5 unspecified atom stereocenters. The predicted octanol–water partition coefficient (Wildman–Crippen LogP) is 2.48. The number of aliphatic hydroxyl groups excluding tert-OH is 4. The Labute approximate surface area is 309 Å². The summed E-state index contributed by atoms with van der Waals surface area (Å²) < 4.78 is 35.4. The number of carbonyl (C=O) groups is 2. The van der Waals surface area contributed by atoms with E-state index in [2.05, 4.69) is 40.1 Å². The topological polar surface area (TPSA) is 365 Å². The Hall–Kier alpha value is -5.70. The number of rotatable bonds is 14. The molecule has 3 aliphatic rings. The van der Waals surface area contributed by atoms with Crippen LogP contribution in [-0.4, -0.2) is 131 Å². The fourth-order valence-electron chi connectivity index (χ4n) is 6.38. The van der Waals surface area contributed by atoms with Gasteiger partial charge in [-0.2, -0.15) is 0 Å². The first-order chi connectivity index (χ1) is 26.6. The van der Waals surface area contributed by atoms with Crippen molar-refractivity contribution >= 4 is 11.9 Å². The van der Waals surface area contributed by atoms with Crippen LogP contribution >= 0.6 is 0 Å². The van der Waals surface area contributed by atoms with Crippen molar-refractivity contribution < 1.29 is 58.4 Å². The summed E-state index contributed by atoms with van der Waals surface area (Å²) in [5, 5.41) is 57.4. The van der Waals surface area contributed by atoms with Gasteiger partial charge in [0.05, 0.1) is 48.6 Å². The maximum Gasteiger partial charge on any atom is 0.338 e. The van der Waals surface area contributed by atoms with E-state index >= 15 is 0 Å². The van der Waals surface area contributed by atoms with Crippen LogP contribution in [0.2, 0.25) is 0 Å². The fourth-order valence-corrected chi connectivity index (χ4v) is 6.38. The van der Waals surface area contributed by atoms with Crippen molar-refractivity contribution in [2.45, 2.75) is 92.1 Å². The Kier molecular flexibility index (Phi) is 14.0. The Morgan fingerprint density at radius 3 is 1.76 bits per heavy atom. The van der Waals surface area contributed by atoms with Crippen LogP contribution < -0.4 is 0 Å². The number of hydrogen-bond acceptors (Lipinski definition) is 16. The number of aliphatic hydroxyl groups is 4. The molecule has 2 aromatic carbocycles. The van der Waals surface area contributed by atoms with Gasteiger partial charge in [0.25, 0.3) is 0 Å². The van der Waals surface area contributed by atoms with E-state index in [-0.39, 0.29) is 17.5 Å². The van der Waals surface area contributed by atoms with Crippen molar-refractivity contribution in [3.63, 3.8) is 0 Å². The van der Waals surface area contributed by atoms with Crippen molar-refractivity contribution in [1.82, 2.24) is 0 Å².